The Balaban J connectivity index is 2.17. The molecule has 0 fully saturated rings. The number of nitrogens with zero attached hydrogens (tertiary/aromatic N) is 5. The Kier molecular flexibility index (Phi) is 11.9. The van der Waals surface area contributed by atoms with Crippen molar-refractivity contribution in [2.24, 2.45) is 0 Å². The molecule has 0 radical (unpaired) electrons. The summed E-state index contributed by atoms with van der Waals surface area (Å²) in [6, 6.07) is 0. The van der Waals surface area contributed by atoms with Gasteiger partial charge in [-0.15, -0.1) is 0 Å². The lowest BCUT2D eigenvalue weighted by atomic mass is 10.4. The van der Waals surface area contributed by atoms with Crippen molar-refractivity contribution in [2.75, 3.05) is 64.1 Å². The van der Waals surface area contributed by atoms with Crippen LogP contribution >= 0.6 is 26.8 Å². The van der Waals surface area contributed by atoms with Crippen LogP contribution < -0.4 is 5.73 Å². The van der Waals surface area contributed by atoms with Crippen LogP contribution in [-0.2, 0) is 33.8 Å². The van der Waals surface area contributed by atoms with E-state index in [0.717, 1.165) is 0 Å². The van der Waals surface area contributed by atoms with Crippen LogP contribution in [0.1, 0.15) is 27.7 Å². The molecule has 0 saturated carbocycles. The number of rotatable bonds is 17. The highest BCUT2D eigenvalue weighted by atomic mass is 35.5. The lowest BCUT2D eigenvalue weighted by Gasteiger charge is -2.26. The zero-order chi connectivity index (χ0) is 25.2. The maximum atomic E-state index is 13.0. The number of hydrogen-bond acceptors (Lipinski definition) is 11. The van der Waals surface area contributed by atoms with Gasteiger partial charge < -0.3 is 33.3 Å². The van der Waals surface area contributed by atoms with Gasteiger partial charge in [-0.05, 0) is 27.7 Å². The molecule has 0 aliphatic heterocycles. The fourth-order valence-electron chi connectivity index (χ4n) is 3.32. The van der Waals surface area contributed by atoms with Gasteiger partial charge in [-0.1, -0.05) is 11.6 Å². The van der Waals surface area contributed by atoms with Crippen LogP contribution in [0.15, 0.2) is 6.33 Å². The molecule has 0 aliphatic rings. The molecular weight excluding hydrogens is 506 g/mol. The summed E-state index contributed by atoms with van der Waals surface area (Å²) in [7, 11) is -6.49. The minimum Gasteiger partial charge on any atom is -0.368 e. The van der Waals surface area contributed by atoms with E-state index >= 15 is 0 Å². The van der Waals surface area contributed by atoms with Gasteiger partial charge >= 0.3 is 15.2 Å². The summed E-state index contributed by atoms with van der Waals surface area (Å²) >= 11 is 6.12. The van der Waals surface area contributed by atoms with Crippen molar-refractivity contribution in [3.8, 4) is 0 Å². The van der Waals surface area contributed by atoms with E-state index in [2.05, 4.69) is 15.0 Å². The molecule has 2 aromatic heterocycles. The average Bonchev–Trinajstić information content (AvgIpc) is 3.17. The second kappa shape index (κ2) is 13.8. The van der Waals surface area contributed by atoms with Crippen LogP contribution in [0.5, 0.6) is 0 Å². The first-order valence-corrected chi connectivity index (χ1v) is 15.1. The molecule has 0 atom stereocenters. The number of fused-ring (bicyclic) bond motifs is 1. The molecule has 12 nitrogen and oxygen atoms in total. The van der Waals surface area contributed by atoms with E-state index in [1.807, 2.05) is 9.47 Å². The summed E-state index contributed by atoms with van der Waals surface area (Å²) < 4.78 is 49.4. The van der Waals surface area contributed by atoms with Gasteiger partial charge in [0, 0.05) is 26.2 Å². The summed E-state index contributed by atoms with van der Waals surface area (Å²) in [6.45, 7) is 9.97. The number of nitrogens with two attached hydrogens (primary N) is 1. The molecule has 0 amide bonds. The van der Waals surface area contributed by atoms with Gasteiger partial charge in [0.15, 0.2) is 10.8 Å². The lowest BCUT2D eigenvalue weighted by Crippen LogP contribution is -2.33. The quantitative estimate of drug-likeness (QED) is 0.230. The van der Waals surface area contributed by atoms with Gasteiger partial charge in [0.2, 0.25) is 5.95 Å². The first-order valence-electron chi connectivity index (χ1n) is 11.3. The number of hydrogen-bond donors (Lipinski definition) is 1. The molecule has 2 N–H and O–H groups in total. The molecule has 0 bridgehead atoms. The highest BCUT2D eigenvalue weighted by Gasteiger charge is 2.28. The standard InChI is InChI=1S/C19H35ClN6O6P2/c1-5-29-33(27,30-6-2)13-11-25(12-14-34(28,31-7-3)32-8-4)9-10-26-15-22-16-17(20)23-19(21)24-18(16)26/h15H,5-14H2,1-4H3,(H2,21,23,24). The third-order valence-corrected chi connectivity index (χ3v) is 9.14. The van der Waals surface area contributed by atoms with Crippen molar-refractivity contribution < 1.29 is 27.2 Å². The molecule has 0 aromatic carbocycles. The Morgan fingerprint density at radius 1 is 0.912 bits per heavy atom. The summed E-state index contributed by atoms with van der Waals surface area (Å²) in [6.07, 6.45) is 1.99. The molecule has 2 rings (SSSR count). The summed E-state index contributed by atoms with van der Waals surface area (Å²) in [5.74, 6) is 0.0554. The van der Waals surface area contributed by atoms with E-state index in [-0.39, 0.29) is 49.9 Å². The van der Waals surface area contributed by atoms with Crippen molar-refractivity contribution >= 4 is 43.9 Å². The maximum Gasteiger partial charge on any atom is 0.331 e. The van der Waals surface area contributed by atoms with Crippen molar-refractivity contribution in [1.82, 2.24) is 24.4 Å². The average molecular weight is 541 g/mol. The van der Waals surface area contributed by atoms with E-state index in [1.165, 1.54) is 0 Å². The van der Waals surface area contributed by atoms with Crippen molar-refractivity contribution in [3.63, 3.8) is 0 Å². The van der Waals surface area contributed by atoms with Gasteiger partial charge in [-0.2, -0.15) is 9.97 Å². The van der Waals surface area contributed by atoms with E-state index in [9.17, 15) is 9.13 Å². The number of anilines is 1. The first kappa shape index (κ1) is 29.1. The second-order valence-corrected chi connectivity index (χ2v) is 11.9. The van der Waals surface area contributed by atoms with E-state index in [4.69, 9.17) is 35.4 Å². The Labute approximate surface area is 205 Å². The van der Waals surface area contributed by atoms with Crippen molar-refractivity contribution in [1.29, 1.82) is 0 Å². The number of halogens is 1. The predicted molar refractivity (Wildman–Crippen MR) is 133 cm³/mol. The monoisotopic (exact) mass is 540 g/mol. The van der Waals surface area contributed by atoms with E-state index in [1.54, 1.807) is 34.0 Å². The molecule has 194 valence electrons. The normalized spacial score (nSPS) is 12.8. The molecular formula is C19H35ClN6O6P2. The van der Waals surface area contributed by atoms with Crippen LogP contribution in [-0.4, -0.2) is 82.8 Å². The highest BCUT2D eigenvalue weighted by Crippen LogP contribution is 2.49. The van der Waals surface area contributed by atoms with Crippen LogP contribution in [0.3, 0.4) is 0 Å². The minimum absolute atomic E-state index is 0.0554. The molecule has 0 saturated heterocycles. The second-order valence-electron chi connectivity index (χ2n) is 7.16. The topological polar surface area (TPSA) is 144 Å². The van der Waals surface area contributed by atoms with Crippen LogP contribution in [0.25, 0.3) is 11.2 Å². The van der Waals surface area contributed by atoms with Gasteiger partial charge in [0.25, 0.3) is 0 Å². The minimum atomic E-state index is -3.25. The SMILES string of the molecule is CCOP(=O)(CCN(CCn1cnc2c(Cl)nc(N)nc21)CCP(=O)(OCC)OCC)OCC. The van der Waals surface area contributed by atoms with Crippen LogP contribution in [0.4, 0.5) is 5.95 Å². The fourth-order valence-corrected chi connectivity index (χ4v) is 6.84. The Morgan fingerprint density at radius 3 is 1.88 bits per heavy atom. The fraction of sp³-hybridized carbons (Fsp3) is 0.737. The molecule has 2 heterocycles. The molecule has 15 heteroatoms. The van der Waals surface area contributed by atoms with Gasteiger partial charge in [0.1, 0.15) is 5.52 Å². The molecule has 0 unspecified atom stereocenters. The number of imidazole rings is 1. The summed E-state index contributed by atoms with van der Waals surface area (Å²) in [4.78, 5) is 14.4. The predicted octanol–water partition coefficient (Wildman–Crippen LogP) is 3.90. The number of nitrogen functional groups attached to an aromatic ring is 1. The van der Waals surface area contributed by atoms with Gasteiger partial charge in [-0.3, -0.25) is 9.13 Å². The van der Waals surface area contributed by atoms with Crippen LogP contribution in [0.2, 0.25) is 5.15 Å². The van der Waals surface area contributed by atoms with Gasteiger partial charge in [0.05, 0.1) is 45.1 Å². The van der Waals surface area contributed by atoms with Crippen molar-refractivity contribution in [3.05, 3.63) is 11.5 Å². The van der Waals surface area contributed by atoms with E-state index in [0.29, 0.717) is 37.3 Å². The smallest absolute Gasteiger partial charge is 0.331 e. The Hall–Kier alpha value is -1.10. The zero-order valence-electron chi connectivity index (χ0n) is 20.2. The molecule has 0 spiro atoms. The third-order valence-electron chi connectivity index (χ3n) is 4.78. The highest BCUT2D eigenvalue weighted by molar-refractivity contribution is 7.54. The lowest BCUT2D eigenvalue weighted by molar-refractivity contribution is 0.205. The summed E-state index contributed by atoms with van der Waals surface area (Å²) in [5.41, 5.74) is 6.71. The van der Waals surface area contributed by atoms with E-state index < -0.39 is 15.2 Å². The van der Waals surface area contributed by atoms with Crippen molar-refractivity contribution in [2.45, 2.75) is 34.2 Å². The molecule has 0 aliphatic carbocycles. The Bertz CT molecular complexity index is 955. The summed E-state index contributed by atoms with van der Waals surface area (Å²) in [5, 5.41) is 0.182. The third kappa shape index (κ3) is 8.53. The Morgan fingerprint density at radius 2 is 1.41 bits per heavy atom. The van der Waals surface area contributed by atoms with Gasteiger partial charge in [-0.25, -0.2) is 4.98 Å². The number of aromatic nitrogens is 4. The largest absolute Gasteiger partial charge is 0.368 e. The van der Waals surface area contributed by atoms with Crippen LogP contribution in [0, 0.1) is 0 Å². The maximum absolute atomic E-state index is 13.0. The molecule has 2 aromatic rings. The molecule has 34 heavy (non-hydrogen) atoms. The zero-order valence-corrected chi connectivity index (χ0v) is 22.7. The first-order chi connectivity index (χ1) is 16.2.